The molecule has 0 bridgehead atoms. The van der Waals surface area contributed by atoms with E-state index in [1.54, 1.807) is 12.4 Å². The number of piperidine rings is 1. The number of amides is 1. The molecule has 2 aromatic rings. The summed E-state index contributed by atoms with van der Waals surface area (Å²) in [5.74, 6) is -1.90. The van der Waals surface area contributed by atoms with Crippen molar-refractivity contribution in [1.82, 2.24) is 9.88 Å². The highest BCUT2D eigenvalue weighted by Crippen LogP contribution is 2.40. The Bertz CT molecular complexity index is 838. The molecule has 148 valence electrons. The molecule has 3 heterocycles. The van der Waals surface area contributed by atoms with Crippen LogP contribution in [0.1, 0.15) is 18.4 Å². The van der Waals surface area contributed by atoms with Gasteiger partial charge in [0.05, 0.1) is 12.1 Å². The maximum Gasteiger partial charge on any atom is 0.437 e. The van der Waals surface area contributed by atoms with E-state index >= 15 is 0 Å². The maximum absolute atomic E-state index is 14.4. The van der Waals surface area contributed by atoms with Crippen LogP contribution in [0, 0.1) is 5.82 Å². The quantitative estimate of drug-likeness (QED) is 0.806. The Morgan fingerprint density at radius 3 is 2.32 bits per heavy atom. The molecule has 0 radical (unpaired) electrons. The highest BCUT2D eigenvalue weighted by Gasteiger charge is 2.57. The summed E-state index contributed by atoms with van der Waals surface area (Å²) in [6.07, 6.45) is 0.284. The summed E-state index contributed by atoms with van der Waals surface area (Å²) in [6, 6.07) is 8.82. The van der Waals surface area contributed by atoms with E-state index in [2.05, 4.69) is 9.88 Å². The molecule has 2 fully saturated rings. The first kappa shape index (κ1) is 18.9. The van der Waals surface area contributed by atoms with Gasteiger partial charge in [0.2, 0.25) is 0 Å². The number of nitrogens with zero attached hydrogens (tertiary/aromatic N) is 3. The van der Waals surface area contributed by atoms with Gasteiger partial charge in [0.1, 0.15) is 5.82 Å². The lowest BCUT2D eigenvalue weighted by Gasteiger charge is -2.48. The van der Waals surface area contributed by atoms with Crippen molar-refractivity contribution in [2.75, 3.05) is 24.5 Å². The zero-order chi connectivity index (χ0) is 19.8. The molecule has 1 spiro atoms. The average molecular weight is 391 g/mol. The van der Waals surface area contributed by atoms with Crippen LogP contribution in [0.5, 0.6) is 0 Å². The number of pyridine rings is 1. The maximum atomic E-state index is 14.4. The van der Waals surface area contributed by atoms with Crippen LogP contribution in [-0.2, 0) is 16.1 Å². The zero-order valence-corrected chi connectivity index (χ0v) is 15.2. The predicted octanol–water partition coefficient (Wildman–Crippen LogP) is 3.21. The van der Waals surface area contributed by atoms with E-state index in [-0.39, 0.29) is 12.2 Å². The molecule has 0 N–H and O–H groups in total. The third-order valence-corrected chi connectivity index (χ3v) is 5.35. The van der Waals surface area contributed by atoms with Crippen molar-refractivity contribution in [3.05, 3.63) is 60.2 Å². The number of hydrogen-bond acceptors (Lipinski definition) is 4. The van der Waals surface area contributed by atoms with E-state index in [0.29, 0.717) is 32.5 Å². The minimum Gasteiger partial charge on any atom is -0.304 e. The number of carbonyl (C=O) groups is 1. The molecule has 1 aromatic carbocycles. The third-order valence-electron chi connectivity index (χ3n) is 5.35. The van der Waals surface area contributed by atoms with Crippen molar-refractivity contribution in [2.45, 2.75) is 31.1 Å². The van der Waals surface area contributed by atoms with Crippen molar-refractivity contribution in [2.24, 2.45) is 0 Å². The Labute approximate surface area is 160 Å². The molecule has 0 atom stereocenters. The van der Waals surface area contributed by atoms with Gasteiger partial charge >= 0.3 is 12.0 Å². The fraction of sp³-hybridized carbons (Fsp3) is 0.400. The SMILES string of the molecule is O=C1N(c2ccc(F)cc2)CC2(CCN(Cc3ccncc3)CC2)OC1(F)F. The molecule has 2 aliphatic rings. The number of carbonyl (C=O) groups excluding carboxylic acids is 1. The summed E-state index contributed by atoms with van der Waals surface area (Å²) in [6.45, 7) is 1.87. The van der Waals surface area contributed by atoms with Gasteiger partial charge in [-0.3, -0.25) is 14.7 Å². The molecule has 0 aliphatic carbocycles. The van der Waals surface area contributed by atoms with Gasteiger partial charge in [0.15, 0.2) is 0 Å². The molecule has 28 heavy (non-hydrogen) atoms. The number of benzene rings is 1. The van der Waals surface area contributed by atoms with Crippen LogP contribution in [0.3, 0.4) is 0 Å². The molecule has 1 aromatic heterocycles. The van der Waals surface area contributed by atoms with Gasteiger partial charge in [-0.1, -0.05) is 0 Å². The van der Waals surface area contributed by atoms with Gasteiger partial charge in [0.25, 0.3) is 0 Å². The van der Waals surface area contributed by atoms with Crippen molar-refractivity contribution in [1.29, 1.82) is 0 Å². The van der Waals surface area contributed by atoms with Gasteiger partial charge in [-0.25, -0.2) is 4.39 Å². The van der Waals surface area contributed by atoms with E-state index in [0.717, 1.165) is 22.6 Å². The number of hydrogen-bond donors (Lipinski definition) is 0. The molecule has 2 aliphatic heterocycles. The van der Waals surface area contributed by atoms with Gasteiger partial charge in [0, 0.05) is 37.7 Å². The number of anilines is 1. The fourth-order valence-corrected chi connectivity index (χ4v) is 3.82. The summed E-state index contributed by atoms with van der Waals surface area (Å²) in [5.41, 5.74) is 0.220. The number of alkyl halides is 2. The lowest BCUT2D eigenvalue weighted by atomic mass is 9.88. The van der Waals surface area contributed by atoms with Gasteiger partial charge < -0.3 is 9.64 Å². The average Bonchev–Trinajstić information content (AvgIpc) is 2.68. The Kier molecular flexibility index (Phi) is 4.84. The summed E-state index contributed by atoms with van der Waals surface area (Å²) >= 11 is 0. The summed E-state index contributed by atoms with van der Waals surface area (Å²) in [7, 11) is 0. The predicted molar refractivity (Wildman–Crippen MR) is 96.3 cm³/mol. The van der Waals surface area contributed by atoms with E-state index < -0.39 is 23.4 Å². The first-order valence-corrected chi connectivity index (χ1v) is 9.14. The molecule has 4 rings (SSSR count). The van der Waals surface area contributed by atoms with Crippen molar-refractivity contribution in [3.63, 3.8) is 0 Å². The summed E-state index contributed by atoms with van der Waals surface area (Å²) in [4.78, 5) is 19.4. The van der Waals surface area contributed by atoms with Crippen LogP contribution in [0.2, 0.25) is 0 Å². The van der Waals surface area contributed by atoms with Crippen LogP contribution in [0.25, 0.3) is 0 Å². The minimum absolute atomic E-state index is 0.0240. The molecule has 1 amide bonds. The second kappa shape index (κ2) is 7.18. The second-order valence-corrected chi connectivity index (χ2v) is 7.30. The first-order chi connectivity index (χ1) is 13.4. The smallest absolute Gasteiger partial charge is 0.304 e. The highest BCUT2D eigenvalue weighted by atomic mass is 19.3. The minimum atomic E-state index is -3.90. The molecule has 8 heteroatoms. The van der Waals surface area contributed by atoms with Gasteiger partial charge in [-0.2, -0.15) is 8.78 Å². The monoisotopic (exact) mass is 391 g/mol. The van der Waals surface area contributed by atoms with Gasteiger partial charge in [-0.15, -0.1) is 0 Å². The van der Waals surface area contributed by atoms with Crippen LogP contribution in [-0.4, -0.2) is 47.1 Å². The highest BCUT2D eigenvalue weighted by molar-refractivity contribution is 5.98. The van der Waals surface area contributed by atoms with Crippen LogP contribution < -0.4 is 4.90 Å². The zero-order valence-electron chi connectivity index (χ0n) is 15.2. The van der Waals surface area contributed by atoms with Crippen LogP contribution in [0.4, 0.5) is 18.9 Å². The Morgan fingerprint density at radius 2 is 1.68 bits per heavy atom. The Hall–Kier alpha value is -2.45. The normalized spacial score (nSPS) is 21.8. The van der Waals surface area contributed by atoms with E-state index in [1.165, 1.54) is 12.1 Å². The molecule has 5 nitrogen and oxygen atoms in total. The second-order valence-electron chi connectivity index (χ2n) is 7.30. The molecule has 0 saturated carbocycles. The first-order valence-electron chi connectivity index (χ1n) is 9.14. The number of ether oxygens (including phenoxy) is 1. The number of rotatable bonds is 3. The largest absolute Gasteiger partial charge is 0.437 e. The van der Waals surface area contributed by atoms with Crippen molar-refractivity contribution < 1.29 is 22.7 Å². The van der Waals surface area contributed by atoms with Crippen LogP contribution in [0.15, 0.2) is 48.8 Å². The lowest BCUT2D eigenvalue weighted by molar-refractivity contribution is -0.293. The topological polar surface area (TPSA) is 45.7 Å². The summed E-state index contributed by atoms with van der Waals surface area (Å²) in [5, 5.41) is 0. The molecular formula is C20H20F3N3O2. The standard InChI is InChI=1S/C20H20F3N3O2/c21-16-1-3-17(4-2-16)26-14-19(28-20(22,23)18(26)27)7-11-25(12-8-19)13-15-5-9-24-10-6-15/h1-6,9-10H,7-8,11-14H2. The Morgan fingerprint density at radius 1 is 1.04 bits per heavy atom. The molecular weight excluding hydrogens is 371 g/mol. The molecule has 0 unspecified atom stereocenters. The number of likely N-dealkylation sites (tertiary alicyclic amines) is 1. The van der Waals surface area contributed by atoms with E-state index in [4.69, 9.17) is 4.74 Å². The van der Waals surface area contributed by atoms with Crippen LogP contribution >= 0.6 is 0 Å². The van der Waals surface area contributed by atoms with E-state index in [1.807, 2.05) is 12.1 Å². The van der Waals surface area contributed by atoms with E-state index in [9.17, 15) is 18.0 Å². The third kappa shape index (κ3) is 3.74. The number of halogens is 3. The fourth-order valence-electron chi connectivity index (χ4n) is 3.82. The molecule has 2 saturated heterocycles. The number of morpholine rings is 1. The number of aromatic nitrogens is 1. The van der Waals surface area contributed by atoms with Gasteiger partial charge in [-0.05, 0) is 54.8 Å². The van der Waals surface area contributed by atoms with Crippen molar-refractivity contribution >= 4 is 11.6 Å². The lowest BCUT2D eigenvalue weighted by Crippen LogP contribution is -2.64. The summed E-state index contributed by atoms with van der Waals surface area (Å²) < 4.78 is 47.0. The van der Waals surface area contributed by atoms with Crippen molar-refractivity contribution in [3.8, 4) is 0 Å². The Balaban J connectivity index is 1.50.